The summed E-state index contributed by atoms with van der Waals surface area (Å²) in [5.74, 6) is 0.354. The smallest absolute Gasteiger partial charge is 0.0492 e. The third-order valence-electron chi connectivity index (χ3n) is 3.12. The lowest BCUT2D eigenvalue weighted by Crippen LogP contribution is -2.24. The molecule has 1 rings (SSSR count). The number of hydrogen-bond donors (Lipinski definition) is 1. The van der Waals surface area contributed by atoms with Crippen LogP contribution < -0.4 is 0 Å². The van der Waals surface area contributed by atoms with Crippen molar-refractivity contribution in [3.63, 3.8) is 0 Å². The SMILES string of the molecule is Cn1nccc1CCC(CO)C(C)(C)C. The van der Waals surface area contributed by atoms with Crippen molar-refractivity contribution in [2.24, 2.45) is 18.4 Å². The fraction of sp³-hybridized carbons (Fsp3) is 0.750. The van der Waals surface area contributed by atoms with Crippen molar-refractivity contribution in [3.05, 3.63) is 18.0 Å². The minimum absolute atomic E-state index is 0.174. The summed E-state index contributed by atoms with van der Waals surface area (Å²) in [5.41, 5.74) is 1.41. The van der Waals surface area contributed by atoms with E-state index in [1.807, 2.05) is 24.0 Å². The Hall–Kier alpha value is -0.830. The Morgan fingerprint density at radius 1 is 1.47 bits per heavy atom. The van der Waals surface area contributed by atoms with E-state index in [0.29, 0.717) is 5.92 Å². The average Bonchev–Trinajstić information content (AvgIpc) is 2.50. The Labute approximate surface area is 92.1 Å². The molecule has 0 aliphatic rings. The van der Waals surface area contributed by atoms with E-state index < -0.39 is 0 Å². The summed E-state index contributed by atoms with van der Waals surface area (Å²) in [4.78, 5) is 0. The van der Waals surface area contributed by atoms with Gasteiger partial charge >= 0.3 is 0 Å². The Bertz CT molecular complexity index is 299. The molecule has 0 spiro atoms. The molecule has 1 N–H and O–H groups in total. The van der Waals surface area contributed by atoms with E-state index in [1.54, 1.807) is 0 Å². The van der Waals surface area contributed by atoms with Crippen LogP contribution in [-0.4, -0.2) is 21.5 Å². The first kappa shape index (κ1) is 12.2. The second-order valence-corrected chi connectivity index (χ2v) is 5.23. The van der Waals surface area contributed by atoms with Crippen molar-refractivity contribution >= 4 is 0 Å². The van der Waals surface area contributed by atoms with Gasteiger partial charge in [-0.3, -0.25) is 4.68 Å². The topological polar surface area (TPSA) is 38.0 Å². The fourth-order valence-electron chi connectivity index (χ4n) is 1.77. The number of aliphatic hydroxyl groups is 1. The fourth-order valence-corrected chi connectivity index (χ4v) is 1.77. The zero-order valence-corrected chi connectivity index (χ0v) is 10.2. The highest BCUT2D eigenvalue weighted by atomic mass is 16.3. The van der Waals surface area contributed by atoms with E-state index in [0.717, 1.165) is 12.8 Å². The molecule has 0 aromatic carbocycles. The van der Waals surface area contributed by atoms with Gasteiger partial charge in [-0.2, -0.15) is 5.10 Å². The lowest BCUT2D eigenvalue weighted by atomic mass is 9.78. The summed E-state index contributed by atoms with van der Waals surface area (Å²) in [6, 6.07) is 2.04. The molecule has 1 aromatic heterocycles. The molecule has 15 heavy (non-hydrogen) atoms. The standard InChI is InChI=1S/C12H22N2O/c1-12(2,3)10(9-15)5-6-11-7-8-13-14(11)4/h7-8,10,15H,5-6,9H2,1-4H3. The molecule has 0 saturated carbocycles. The first-order valence-corrected chi connectivity index (χ1v) is 5.53. The van der Waals surface area contributed by atoms with E-state index in [-0.39, 0.29) is 12.0 Å². The first-order valence-electron chi connectivity index (χ1n) is 5.53. The third kappa shape index (κ3) is 3.34. The molecule has 3 nitrogen and oxygen atoms in total. The second-order valence-electron chi connectivity index (χ2n) is 5.23. The summed E-state index contributed by atoms with van der Waals surface area (Å²) in [6.45, 7) is 6.80. The van der Waals surface area contributed by atoms with E-state index in [9.17, 15) is 5.11 Å². The molecule has 0 saturated heterocycles. The molecule has 0 aliphatic carbocycles. The lowest BCUT2D eigenvalue weighted by molar-refractivity contribution is 0.123. The van der Waals surface area contributed by atoms with Gasteiger partial charge in [0.2, 0.25) is 0 Å². The van der Waals surface area contributed by atoms with Crippen LogP contribution in [0.4, 0.5) is 0 Å². The van der Waals surface area contributed by atoms with Gasteiger partial charge in [-0.05, 0) is 30.2 Å². The molecule has 1 aromatic rings. The molecular weight excluding hydrogens is 188 g/mol. The van der Waals surface area contributed by atoms with Crippen LogP contribution in [0.2, 0.25) is 0 Å². The van der Waals surface area contributed by atoms with Crippen molar-refractivity contribution in [1.82, 2.24) is 9.78 Å². The van der Waals surface area contributed by atoms with Crippen LogP contribution in [0.1, 0.15) is 32.9 Å². The van der Waals surface area contributed by atoms with Gasteiger partial charge in [0, 0.05) is 25.5 Å². The van der Waals surface area contributed by atoms with Crippen molar-refractivity contribution in [1.29, 1.82) is 0 Å². The van der Waals surface area contributed by atoms with Gasteiger partial charge < -0.3 is 5.11 Å². The van der Waals surface area contributed by atoms with Gasteiger partial charge in [0.25, 0.3) is 0 Å². The van der Waals surface area contributed by atoms with Crippen molar-refractivity contribution in [2.75, 3.05) is 6.61 Å². The monoisotopic (exact) mass is 210 g/mol. The van der Waals surface area contributed by atoms with Crippen LogP contribution in [0.15, 0.2) is 12.3 Å². The first-order chi connectivity index (χ1) is 6.95. The molecular formula is C12H22N2O. The summed E-state index contributed by atoms with van der Waals surface area (Å²) < 4.78 is 1.90. The minimum atomic E-state index is 0.174. The van der Waals surface area contributed by atoms with Crippen LogP contribution in [0.5, 0.6) is 0 Å². The molecule has 86 valence electrons. The van der Waals surface area contributed by atoms with Gasteiger partial charge in [-0.1, -0.05) is 20.8 Å². The quantitative estimate of drug-likeness (QED) is 0.825. The minimum Gasteiger partial charge on any atom is -0.396 e. The zero-order valence-electron chi connectivity index (χ0n) is 10.2. The third-order valence-corrected chi connectivity index (χ3v) is 3.12. The van der Waals surface area contributed by atoms with Gasteiger partial charge in [0.15, 0.2) is 0 Å². The van der Waals surface area contributed by atoms with Crippen molar-refractivity contribution in [2.45, 2.75) is 33.6 Å². The van der Waals surface area contributed by atoms with Crippen LogP contribution >= 0.6 is 0 Å². The van der Waals surface area contributed by atoms with Crippen LogP contribution in [-0.2, 0) is 13.5 Å². The van der Waals surface area contributed by atoms with E-state index >= 15 is 0 Å². The molecule has 3 heteroatoms. The molecule has 0 bridgehead atoms. The summed E-state index contributed by atoms with van der Waals surface area (Å²) in [7, 11) is 1.96. The summed E-state index contributed by atoms with van der Waals surface area (Å²) in [6.07, 6.45) is 3.82. The Balaban J connectivity index is 2.52. The lowest BCUT2D eigenvalue weighted by Gasteiger charge is -2.29. The molecule has 0 amide bonds. The van der Waals surface area contributed by atoms with Gasteiger partial charge in [-0.15, -0.1) is 0 Å². The van der Waals surface area contributed by atoms with E-state index in [1.165, 1.54) is 5.69 Å². The molecule has 0 radical (unpaired) electrons. The Morgan fingerprint density at radius 3 is 2.53 bits per heavy atom. The number of rotatable bonds is 4. The number of aliphatic hydroxyl groups excluding tert-OH is 1. The average molecular weight is 210 g/mol. The van der Waals surface area contributed by atoms with Crippen LogP contribution in [0.25, 0.3) is 0 Å². The molecule has 0 fully saturated rings. The largest absolute Gasteiger partial charge is 0.396 e. The van der Waals surface area contributed by atoms with E-state index in [4.69, 9.17) is 0 Å². The van der Waals surface area contributed by atoms with E-state index in [2.05, 4.69) is 25.9 Å². The maximum absolute atomic E-state index is 9.34. The zero-order chi connectivity index (χ0) is 11.5. The predicted octanol–water partition coefficient (Wildman–Crippen LogP) is 2.01. The molecule has 0 aliphatic heterocycles. The summed E-state index contributed by atoms with van der Waals surface area (Å²) in [5, 5.41) is 13.5. The Morgan fingerprint density at radius 2 is 2.13 bits per heavy atom. The predicted molar refractivity (Wildman–Crippen MR) is 61.6 cm³/mol. The molecule has 1 unspecified atom stereocenters. The molecule has 1 atom stereocenters. The van der Waals surface area contributed by atoms with Gasteiger partial charge in [0.05, 0.1) is 0 Å². The van der Waals surface area contributed by atoms with Crippen molar-refractivity contribution in [3.8, 4) is 0 Å². The number of nitrogens with zero attached hydrogens (tertiary/aromatic N) is 2. The molecule has 1 heterocycles. The normalized spacial score (nSPS) is 14.2. The number of aromatic nitrogens is 2. The maximum atomic E-state index is 9.34. The Kier molecular flexibility index (Phi) is 3.91. The van der Waals surface area contributed by atoms with Gasteiger partial charge in [0.1, 0.15) is 0 Å². The number of hydrogen-bond acceptors (Lipinski definition) is 2. The highest BCUT2D eigenvalue weighted by Crippen LogP contribution is 2.29. The number of aryl methyl sites for hydroxylation is 2. The highest BCUT2D eigenvalue weighted by Gasteiger charge is 2.23. The second kappa shape index (κ2) is 4.79. The summed E-state index contributed by atoms with van der Waals surface area (Å²) >= 11 is 0. The van der Waals surface area contributed by atoms with Crippen LogP contribution in [0.3, 0.4) is 0 Å². The highest BCUT2D eigenvalue weighted by molar-refractivity contribution is 5.00. The maximum Gasteiger partial charge on any atom is 0.0492 e. The van der Waals surface area contributed by atoms with Crippen LogP contribution in [0, 0.1) is 11.3 Å². The van der Waals surface area contributed by atoms with Crippen molar-refractivity contribution < 1.29 is 5.11 Å². The van der Waals surface area contributed by atoms with Gasteiger partial charge in [-0.25, -0.2) is 0 Å².